The Morgan fingerprint density at radius 2 is 1.76 bits per heavy atom. The summed E-state index contributed by atoms with van der Waals surface area (Å²) in [5, 5.41) is 3.47. The van der Waals surface area contributed by atoms with E-state index in [0.29, 0.717) is 49.6 Å². The minimum atomic E-state index is -3.67. The molecule has 2 amide bonds. The van der Waals surface area contributed by atoms with Crippen LogP contribution in [-0.2, 0) is 26.0 Å². The number of hydrogen-bond donors (Lipinski definition) is 1. The van der Waals surface area contributed by atoms with Crippen molar-refractivity contribution in [2.24, 2.45) is 5.92 Å². The highest BCUT2D eigenvalue weighted by molar-refractivity contribution is 7.89. The fourth-order valence-electron chi connectivity index (χ4n) is 4.47. The molecule has 0 unspecified atom stereocenters. The molecule has 9 heteroatoms. The fourth-order valence-corrected chi connectivity index (χ4v) is 6.12. The summed E-state index contributed by atoms with van der Waals surface area (Å²) in [5.41, 5.74) is 2.37. The van der Waals surface area contributed by atoms with Crippen LogP contribution in [0.4, 0.5) is 11.4 Å². The number of aryl methyl sites for hydroxylation is 1. The topological polar surface area (TPSA) is 86.8 Å². The maximum atomic E-state index is 13.3. The number of nitrogens with zero attached hydrogens (tertiary/aromatic N) is 2. The number of nitrogens with one attached hydrogen (secondary N) is 1. The van der Waals surface area contributed by atoms with Crippen molar-refractivity contribution in [2.75, 3.05) is 29.9 Å². The number of anilines is 2. The number of piperidine rings is 1. The number of carbonyl (C=O) groups is 2. The third-order valence-corrected chi connectivity index (χ3v) is 8.49. The standard InChI is InChI=1S/C24H28ClN3O4S/c1-2-23(29)28-13-3-4-18-16-21(9-10-22(18)28)33(31,32)27-14-11-17(12-15-27)24(30)26-20-7-5-19(25)6-8-20/h5-10,16-17H,2-4,11-15H2,1H3,(H,26,30). The van der Waals surface area contributed by atoms with Gasteiger partial charge in [-0.2, -0.15) is 4.31 Å². The molecule has 0 radical (unpaired) electrons. The summed E-state index contributed by atoms with van der Waals surface area (Å²) >= 11 is 5.88. The van der Waals surface area contributed by atoms with E-state index in [1.54, 1.807) is 47.4 Å². The van der Waals surface area contributed by atoms with Gasteiger partial charge in [-0.15, -0.1) is 0 Å². The van der Waals surface area contributed by atoms with Gasteiger partial charge in [-0.05, 0) is 73.7 Å². The van der Waals surface area contributed by atoms with Crippen LogP contribution in [0.2, 0.25) is 5.02 Å². The number of benzene rings is 2. The quantitative estimate of drug-likeness (QED) is 0.685. The number of carbonyl (C=O) groups excluding carboxylic acids is 2. The van der Waals surface area contributed by atoms with Crippen molar-refractivity contribution < 1.29 is 18.0 Å². The zero-order valence-electron chi connectivity index (χ0n) is 18.6. The average Bonchev–Trinajstić information content (AvgIpc) is 2.84. The number of amides is 2. The van der Waals surface area contributed by atoms with Gasteiger partial charge in [-0.25, -0.2) is 8.42 Å². The predicted octanol–water partition coefficient (Wildman–Crippen LogP) is 4.07. The molecule has 1 saturated heterocycles. The minimum Gasteiger partial charge on any atom is -0.326 e. The molecule has 0 spiro atoms. The van der Waals surface area contributed by atoms with Crippen LogP contribution in [0.25, 0.3) is 0 Å². The summed E-state index contributed by atoms with van der Waals surface area (Å²) in [6.45, 7) is 3.07. The number of sulfonamides is 1. The summed E-state index contributed by atoms with van der Waals surface area (Å²) in [5.74, 6) is -0.307. The van der Waals surface area contributed by atoms with Gasteiger partial charge in [0.1, 0.15) is 0 Å². The normalized spacial score (nSPS) is 17.5. The van der Waals surface area contributed by atoms with E-state index in [9.17, 15) is 18.0 Å². The van der Waals surface area contributed by atoms with Gasteiger partial charge in [0.05, 0.1) is 4.90 Å². The van der Waals surface area contributed by atoms with E-state index >= 15 is 0 Å². The first-order chi connectivity index (χ1) is 15.8. The fraction of sp³-hybridized carbons (Fsp3) is 0.417. The van der Waals surface area contributed by atoms with Gasteiger partial charge in [0.2, 0.25) is 21.8 Å². The van der Waals surface area contributed by atoms with Crippen molar-refractivity contribution in [1.29, 1.82) is 0 Å². The lowest BCUT2D eigenvalue weighted by Gasteiger charge is -2.32. The Hall–Kier alpha value is -2.42. The second-order valence-corrected chi connectivity index (χ2v) is 10.8. The Kier molecular flexibility index (Phi) is 7.07. The van der Waals surface area contributed by atoms with Crippen LogP contribution in [0.3, 0.4) is 0 Å². The van der Waals surface area contributed by atoms with Gasteiger partial charge in [0.15, 0.2) is 0 Å². The smallest absolute Gasteiger partial charge is 0.243 e. The minimum absolute atomic E-state index is 0.0468. The van der Waals surface area contributed by atoms with Gasteiger partial charge in [-0.3, -0.25) is 9.59 Å². The molecule has 1 fully saturated rings. The second-order valence-electron chi connectivity index (χ2n) is 8.47. The molecular weight excluding hydrogens is 462 g/mol. The van der Waals surface area contributed by atoms with E-state index in [4.69, 9.17) is 11.6 Å². The molecule has 2 aliphatic heterocycles. The highest BCUT2D eigenvalue weighted by atomic mass is 35.5. The Balaban J connectivity index is 1.42. The molecule has 0 atom stereocenters. The summed E-state index contributed by atoms with van der Waals surface area (Å²) in [7, 11) is -3.67. The lowest BCUT2D eigenvalue weighted by atomic mass is 9.97. The number of rotatable bonds is 5. The number of halogens is 1. The molecule has 0 aliphatic carbocycles. The average molecular weight is 490 g/mol. The van der Waals surface area contributed by atoms with E-state index < -0.39 is 10.0 Å². The van der Waals surface area contributed by atoms with Crippen LogP contribution >= 0.6 is 11.6 Å². The predicted molar refractivity (Wildman–Crippen MR) is 129 cm³/mol. The molecule has 0 bridgehead atoms. The zero-order chi connectivity index (χ0) is 23.6. The molecule has 0 saturated carbocycles. The third kappa shape index (κ3) is 5.08. The van der Waals surface area contributed by atoms with Crippen LogP contribution in [0.15, 0.2) is 47.4 Å². The lowest BCUT2D eigenvalue weighted by molar-refractivity contribution is -0.121. The van der Waals surface area contributed by atoms with Crippen LogP contribution < -0.4 is 10.2 Å². The Morgan fingerprint density at radius 1 is 1.06 bits per heavy atom. The van der Waals surface area contributed by atoms with Crippen molar-refractivity contribution in [1.82, 2.24) is 4.31 Å². The van der Waals surface area contributed by atoms with E-state index in [0.717, 1.165) is 24.1 Å². The Labute approximate surface area is 199 Å². The van der Waals surface area contributed by atoms with Crippen molar-refractivity contribution in [2.45, 2.75) is 43.9 Å². The maximum absolute atomic E-state index is 13.3. The summed E-state index contributed by atoms with van der Waals surface area (Å²) in [4.78, 5) is 26.8. The molecule has 176 valence electrons. The van der Waals surface area contributed by atoms with Gasteiger partial charge in [0.25, 0.3) is 0 Å². The molecule has 2 aromatic carbocycles. The first-order valence-electron chi connectivity index (χ1n) is 11.3. The van der Waals surface area contributed by atoms with Gasteiger partial charge in [-0.1, -0.05) is 18.5 Å². The summed E-state index contributed by atoms with van der Waals surface area (Å²) in [6, 6.07) is 12.0. The van der Waals surface area contributed by atoms with E-state index in [1.807, 2.05) is 6.92 Å². The SMILES string of the molecule is CCC(=O)N1CCCc2cc(S(=O)(=O)N3CCC(C(=O)Nc4ccc(Cl)cc4)CC3)ccc21. The van der Waals surface area contributed by atoms with E-state index in [1.165, 1.54) is 4.31 Å². The molecule has 1 N–H and O–H groups in total. The highest BCUT2D eigenvalue weighted by Gasteiger charge is 2.33. The lowest BCUT2D eigenvalue weighted by Crippen LogP contribution is -2.41. The molecule has 7 nitrogen and oxygen atoms in total. The zero-order valence-corrected chi connectivity index (χ0v) is 20.2. The third-order valence-electron chi connectivity index (χ3n) is 6.35. The van der Waals surface area contributed by atoms with Crippen molar-refractivity contribution >= 4 is 44.8 Å². The molecule has 2 aromatic rings. The molecular formula is C24H28ClN3O4S. The van der Waals surface area contributed by atoms with Crippen LogP contribution in [0.1, 0.15) is 38.2 Å². The van der Waals surface area contributed by atoms with Crippen LogP contribution in [0, 0.1) is 5.92 Å². The van der Waals surface area contributed by atoms with Crippen LogP contribution in [-0.4, -0.2) is 44.2 Å². The maximum Gasteiger partial charge on any atom is 0.243 e. The van der Waals surface area contributed by atoms with Gasteiger partial charge in [0, 0.05) is 48.4 Å². The number of hydrogen-bond acceptors (Lipinski definition) is 4. The largest absolute Gasteiger partial charge is 0.326 e. The first-order valence-corrected chi connectivity index (χ1v) is 13.1. The number of fused-ring (bicyclic) bond motifs is 1. The van der Waals surface area contributed by atoms with E-state index in [2.05, 4.69) is 5.32 Å². The monoisotopic (exact) mass is 489 g/mol. The highest BCUT2D eigenvalue weighted by Crippen LogP contribution is 2.32. The molecule has 4 rings (SSSR count). The van der Waals surface area contributed by atoms with E-state index in [-0.39, 0.29) is 22.6 Å². The molecule has 0 aromatic heterocycles. The Bertz CT molecular complexity index is 1140. The Morgan fingerprint density at radius 3 is 2.42 bits per heavy atom. The summed E-state index contributed by atoms with van der Waals surface area (Å²) in [6.07, 6.45) is 2.90. The van der Waals surface area contributed by atoms with Crippen molar-refractivity contribution in [3.63, 3.8) is 0 Å². The first kappa shape index (κ1) is 23.7. The van der Waals surface area contributed by atoms with Crippen molar-refractivity contribution in [3.05, 3.63) is 53.1 Å². The van der Waals surface area contributed by atoms with Gasteiger partial charge < -0.3 is 10.2 Å². The van der Waals surface area contributed by atoms with Gasteiger partial charge >= 0.3 is 0 Å². The van der Waals surface area contributed by atoms with Crippen molar-refractivity contribution in [3.8, 4) is 0 Å². The van der Waals surface area contributed by atoms with Crippen LogP contribution in [0.5, 0.6) is 0 Å². The molecule has 33 heavy (non-hydrogen) atoms. The summed E-state index contributed by atoms with van der Waals surface area (Å²) < 4.78 is 28.0. The second kappa shape index (κ2) is 9.83. The molecule has 2 aliphatic rings. The molecule has 2 heterocycles.